The van der Waals surface area contributed by atoms with Crippen LogP contribution >= 0.6 is 0 Å². The Morgan fingerprint density at radius 2 is 2.13 bits per heavy atom. The van der Waals surface area contributed by atoms with Crippen LogP contribution in [0.2, 0.25) is 0 Å². The smallest absolute Gasteiger partial charge is 0.322 e. The SMILES string of the molecule is C[C@H](NC(=O)CN1CCC[C@@H]([C@]2(C)NC(=O)NC2=O)C1)C1CC1. The zero-order chi connectivity index (χ0) is 16.6. The monoisotopic (exact) mass is 322 g/mol. The van der Waals surface area contributed by atoms with Gasteiger partial charge in [0.05, 0.1) is 6.54 Å². The fourth-order valence-electron chi connectivity index (χ4n) is 3.73. The van der Waals surface area contributed by atoms with E-state index in [0.29, 0.717) is 19.0 Å². The lowest BCUT2D eigenvalue weighted by Gasteiger charge is -2.39. The van der Waals surface area contributed by atoms with Crippen molar-refractivity contribution in [3.63, 3.8) is 0 Å². The van der Waals surface area contributed by atoms with Crippen molar-refractivity contribution < 1.29 is 14.4 Å². The van der Waals surface area contributed by atoms with Gasteiger partial charge in [-0.3, -0.25) is 19.8 Å². The summed E-state index contributed by atoms with van der Waals surface area (Å²) in [5, 5.41) is 8.14. The van der Waals surface area contributed by atoms with Crippen molar-refractivity contribution in [2.24, 2.45) is 11.8 Å². The van der Waals surface area contributed by atoms with Gasteiger partial charge in [0.2, 0.25) is 5.91 Å². The Balaban J connectivity index is 1.54. The number of nitrogens with zero attached hydrogens (tertiary/aromatic N) is 1. The Kier molecular flexibility index (Phi) is 4.31. The first-order chi connectivity index (χ1) is 10.9. The van der Waals surface area contributed by atoms with Crippen LogP contribution in [0.1, 0.15) is 39.5 Å². The van der Waals surface area contributed by atoms with Crippen LogP contribution in [0.3, 0.4) is 0 Å². The Morgan fingerprint density at radius 3 is 2.74 bits per heavy atom. The maximum atomic E-state index is 12.2. The number of rotatable bonds is 5. The van der Waals surface area contributed by atoms with E-state index < -0.39 is 11.6 Å². The lowest BCUT2D eigenvalue weighted by Crippen LogP contribution is -2.56. The van der Waals surface area contributed by atoms with E-state index in [2.05, 4.69) is 27.8 Å². The van der Waals surface area contributed by atoms with Gasteiger partial charge in [-0.25, -0.2) is 4.79 Å². The van der Waals surface area contributed by atoms with Crippen molar-refractivity contribution in [3.05, 3.63) is 0 Å². The molecule has 3 atom stereocenters. The number of amides is 4. The minimum atomic E-state index is -0.868. The van der Waals surface area contributed by atoms with E-state index >= 15 is 0 Å². The number of hydrogen-bond acceptors (Lipinski definition) is 4. The summed E-state index contributed by atoms with van der Waals surface area (Å²) in [5.41, 5.74) is -0.868. The van der Waals surface area contributed by atoms with Gasteiger partial charge >= 0.3 is 6.03 Å². The van der Waals surface area contributed by atoms with Crippen LogP contribution in [0.5, 0.6) is 0 Å². The predicted octanol–water partition coefficient (Wildman–Crippen LogP) is 0.211. The third kappa shape index (κ3) is 3.49. The molecule has 0 radical (unpaired) electrons. The molecule has 0 bridgehead atoms. The number of carbonyl (C=O) groups excluding carboxylic acids is 3. The number of carbonyl (C=O) groups is 3. The summed E-state index contributed by atoms with van der Waals surface area (Å²) < 4.78 is 0. The second kappa shape index (κ2) is 6.11. The first kappa shape index (κ1) is 16.2. The molecule has 2 aliphatic heterocycles. The summed E-state index contributed by atoms with van der Waals surface area (Å²) in [6.45, 7) is 5.70. The highest BCUT2D eigenvalue weighted by molar-refractivity contribution is 6.07. The number of urea groups is 1. The van der Waals surface area contributed by atoms with Crippen LogP contribution in [0.15, 0.2) is 0 Å². The van der Waals surface area contributed by atoms with E-state index in [-0.39, 0.29) is 23.8 Å². The van der Waals surface area contributed by atoms with Crippen molar-refractivity contribution in [2.45, 2.75) is 51.1 Å². The molecule has 3 N–H and O–H groups in total. The number of hydrogen-bond donors (Lipinski definition) is 3. The molecule has 23 heavy (non-hydrogen) atoms. The summed E-state index contributed by atoms with van der Waals surface area (Å²) in [5.74, 6) is 0.456. The van der Waals surface area contributed by atoms with Crippen molar-refractivity contribution in [1.29, 1.82) is 0 Å². The van der Waals surface area contributed by atoms with Gasteiger partial charge in [-0.05, 0) is 52.0 Å². The molecule has 3 aliphatic rings. The normalized spacial score (nSPS) is 33.0. The molecule has 2 heterocycles. The lowest BCUT2D eigenvalue weighted by molar-refractivity contribution is -0.126. The summed E-state index contributed by atoms with van der Waals surface area (Å²) in [6.07, 6.45) is 4.22. The zero-order valence-electron chi connectivity index (χ0n) is 13.9. The van der Waals surface area contributed by atoms with E-state index in [4.69, 9.17) is 0 Å². The molecule has 0 aromatic carbocycles. The first-order valence-electron chi connectivity index (χ1n) is 8.54. The van der Waals surface area contributed by atoms with E-state index in [1.165, 1.54) is 12.8 Å². The highest BCUT2D eigenvalue weighted by atomic mass is 16.2. The minimum absolute atomic E-state index is 0.0244. The highest BCUT2D eigenvalue weighted by Gasteiger charge is 2.49. The average Bonchev–Trinajstić information content (AvgIpc) is 3.27. The molecule has 1 saturated carbocycles. The number of piperidine rings is 1. The van der Waals surface area contributed by atoms with Gasteiger partial charge in [-0.1, -0.05) is 0 Å². The molecule has 3 fully saturated rings. The standard InChI is InChI=1S/C16H26N4O3/c1-10(11-5-6-11)17-13(21)9-20-7-3-4-12(8-20)16(2)14(22)18-15(23)19-16/h10-12H,3-9H2,1-2H3,(H,17,21)(H2,18,19,22,23)/t10-,12+,16-/m0/s1. The Morgan fingerprint density at radius 1 is 1.39 bits per heavy atom. The lowest BCUT2D eigenvalue weighted by atomic mass is 9.80. The molecule has 0 spiro atoms. The van der Waals surface area contributed by atoms with Gasteiger partial charge in [0, 0.05) is 18.5 Å². The minimum Gasteiger partial charge on any atom is -0.352 e. The molecule has 7 heteroatoms. The molecule has 0 aromatic rings. The highest BCUT2D eigenvalue weighted by Crippen LogP contribution is 2.32. The van der Waals surface area contributed by atoms with Crippen molar-refractivity contribution >= 4 is 17.8 Å². The van der Waals surface area contributed by atoms with Crippen LogP contribution in [-0.2, 0) is 9.59 Å². The number of imide groups is 1. The van der Waals surface area contributed by atoms with E-state index in [0.717, 1.165) is 19.4 Å². The van der Waals surface area contributed by atoms with Gasteiger partial charge in [0.15, 0.2) is 0 Å². The molecule has 3 rings (SSSR count). The van der Waals surface area contributed by atoms with E-state index in [1.807, 2.05) is 0 Å². The average molecular weight is 322 g/mol. The Labute approximate surface area is 136 Å². The molecular weight excluding hydrogens is 296 g/mol. The molecule has 1 aliphatic carbocycles. The van der Waals surface area contributed by atoms with Gasteiger partial charge in [0.25, 0.3) is 5.91 Å². The fourth-order valence-corrected chi connectivity index (χ4v) is 3.73. The van der Waals surface area contributed by atoms with Gasteiger partial charge in [-0.15, -0.1) is 0 Å². The topological polar surface area (TPSA) is 90.5 Å². The first-order valence-corrected chi connectivity index (χ1v) is 8.54. The second-order valence-corrected chi connectivity index (χ2v) is 7.38. The van der Waals surface area contributed by atoms with Crippen molar-refractivity contribution in [2.75, 3.05) is 19.6 Å². The van der Waals surface area contributed by atoms with Crippen LogP contribution in [0, 0.1) is 11.8 Å². The van der Waals surface area contributed by atoms with Crippen molar-refractivity contribution in [1.82, 2.24) is 20.9 Å². The van der Waals surface area contributed by atoms with Crippen LogP contribution in [0.4, 0.5) is 4.79 Å². The third-order valence-corrected chi connectivity index (χ3v) is 5.48. The molecule has 0 aromatic heterocycles. The summed E-state index contributed by atoms with van der Waals surface area (Å²) in [4.78, 5) is 37.8. The van der Waals surface area contributed by atoms with Crippen LogP contribution in [-0.4, -0.2) is 54.0 Å². The molecule has 128 valence electrons. The number of nitrogens with one attached hydrogen (secondary N) is 3. The van der Waals surface area contributed by atoms with Gasteiger partial charge in [0.1, 0.15) is 5.54 Å². The van der Waals surface area contributed by atoms with E-state index in [9.17, 15) is 14.4 Å². The largest absolute Gasteiger partial charge is 0.352 e. The fraction of sp³-hybridized carbons (Fsp3) is 0.812. The van der Waals surface area contributed by atoms with Gasteiger partial charge in [-0.2, -0.15) is 0 Å². The molecule has 7 nitrogen and oxygen atoms in total. The van der Waals surface area contributed by atoms with Crippen LogP contribution < -0.4 is 16.0 Å². The second-order valence-electron chi connectivity index (χ2n) is 7.38. The van der Waals surface area contributed by atoms with E-state index in [1.54, 1.807) is 6.92 Å². The maximum Gasteiger partial charge on any atom is 0.322 e. The maximum absolute atomic E-state index is 12.2. The predicted molar refractivity (Wildman–Crippen MR) is 84.6 cm³/mol. The Hall–Kier alpha value is -1.63. The van der Waals surface area contributed by atoms with Crippen LogP contribution in [0.25, 0.3) is 0 Å². The molecule has 2 saturated heterocycles. The molecule has 4 amide bonds. The zero-order valence-corrected chi connectivity index (χ0v) is 13.9. The van der Waals surface area contributed by atoms with Crippen molar-refractivity contribution in [3.8, 4) is 0 Å². The summed E-state index contributed by atoms with van der Waals surface area (Å²) in [6, 6.07) is -0.175. The molecule has 0 unspecified atom stereocenters. The quantitative estimate of drug-likeness (QED) is 0.631. The summed E-state index contributed by atoms with van der Waals surface area (Å²) >= 11 is 0. The number of likely N-dealkylation sites (tertiary alicyclic amines) is 1. The Bertz CT molecular complexity index is 519. The summed E-state index contributed by atoms with van der Waals surface area (Å²) in [7, 11) is 0. The molecular formula is C16H26N4O3. The van der Waals surface area contributed by atoms with Gasteiger partial charge < -0.3 is 10.6 Å². The third-order valence-electron chi connectivity index (χ3n) is 5.48.